The normalized spacial score (nSPS) is 12.2. The molecule has 0 radical (unpaired) electrons. The molecule has 2 aromatic heterocycles. The Morgan fingerprint density at radius 2 is 2.10 bits per heavy atom. The summed E-state index contributed by atoms with van der Waals surface area (Å²) in [5, 5.41) is 22.2. The molecule has 0 fully saturated rings. The fourth-order valence-corrected chi connectivity index (χ4v) is 4.67. The molecule has 0 aliphatic heterocycles. The molecule has 0 aliphatic rings. The molecule has 0 bridgehead atoms. The number of benzene rings is 2. The summed E-state index contributed by atoms with van der Waals surface area (Å²) in [4.78, 5) is 24.0. The van der Waals surface area contributed by atoms with Gasteiger partial charge in [-0.05, 0) is 25.1 Å². The number of thioether (sulfide) groups is 1. The number of carbonyl (C=O) groups is 1. The summed E-state index contributed by atoms with van der Waals surface area (Å²) >= 11 is 2.78. The third-order valence-corrected chi connectivity index (χ3v) is 6.27. The van der Waals surface area contributed by atoms with Gasteiger partial charge in [-0.15, -0.1) is 10.2 Å². The number of fused-ring (bicyclic) bond motifs is 3. The van der Waals surface area contributed by atoms with Crippen LogP contribution in [-0.4, -0.2) is 37.8 Å². The van der Waals surface area contributed by atoms with E-state index in [9.17, 15) is 14.9 Å². The molecule has 4 rings (SSSR count). The van der Waals surface area contributed by atoms with Crippen molar-refractivity contribution >= 4 is 55.6 Å². The molecule has 1 atom stereocenters. The van der Waals surface area contributed by atoms with Crippen molar-refractivity contribution < 1.29 is 14.5 Å². The van der Waals surface area contributed by atoms with Crippen molar-refractivity contribution in [1.82, 2.24) is 14.6 Å². The van der Waals surface area contributed by atoms with Crippen LogP contribution >= 0.6 is 23.1 Å². The second kappa shape index (κ2) is 7.68. The molecule has 2 heterocycles. The van der Waals surface area contributed by atoms with E-state index in [0.29, 0.717) is 10.9 Å². The third kappa shape index (κ3) is 3.61. The number of para-hydroxylation sites is 1. The predicted octanol–water partition coefficient (Wildman–Crippen LogP) is 3.98. The zero-order chi connectivity index (χ0) is 20.5. The fraction of sp³-hybridized carbons (Fsp3) is 0.167. The van der Waals surface area contributed by atoms with Crippen LogP contribution in [0.25, 0.3) is 15.2 Å². The Balaban J connectivity index is 1.57. The average Bonchev–Trinajstić information content (AvgIpc) is 3.27. The van der Waals surface area contributed by atoms with Crippen LogP contribution in [0.15, 0.2) is 47.6 Å². The van der Waals surface area contributed by atoms with Crippen LogP contribution in [0, 0.1) is 10.1 Å². The van der Waals surface area contributed by atoms with Gasteiger partial charge in [-0.3, -0.25) is 19.3 Å². The second-order valence-electron chi connectivity index (χ2n) is 6.06. The van der Waals surface area contributed by atoms with E-state index < -0.39 is 10.2 Å². The minimum atomic E-state index is -0.526. The minimum absolute atomic E-state index is 0.134. The van der Waals surface area contributed by atoms with Gasteiger partial charge >= 0.3 is 0 Å². The van der Waals surface area contributed by atoms with Crippen molar-refractivity contribution in [3.63, 3.8) is 0 Å². The number of anilines is 1. The average molecular weight is 429 g/mol. The quantitative estimate of drug-likeness (QED) is 0.280. The van der Waals surface area contributed by atoms with Crippen molar-refractivity contribution in [1.29, 1.82) is 0 Å². The first-order valence-corrected chi connectivity index (χ1v) is 10.2. The summed E-state index contributed by atoms with van der Waals surface area (Å²) in [5.41, 5.74) is 1.09. The topological polar surface area (TPSA) is 112 Å². The molecular formula is C18H15N5O4S2. The first kappa shape index (κ1) is 19.2. The number of nitro groups is 1. The number of hydrogen-bond acceptors (Lipinski definition) is 8. The van der Waals surface area contributed by atoms with Crippen molar-refractivity contribution in [3.05, 3.63) is 52.6 Å². The molecule has 0 spiro atoms. The fourth-order valence-electron chi connectivity index (χ4n) is 2.78. The zero-order valence-electron chi connectivity index (χ0n) is 15.4. The van der Waals surface area contributed by atoms with Gasteiger partial charge in [0.15, 0.2) is 5.16 Å². The molecule has 0 saturated carbocycles. The SMILES string of the molecule is COc1ccc([N+](=O)[O-])cc1NC(=O)C(C)Sc1nnc2sc3ccccc3n12. The van der Waals surface area contributed by atoms with Gasteiger partial charge in [0.1, 0.15) is 5.75 Å². The molecule has 1 amide bonds. The molecule has 1 unspecified atom stereocenters. The van der Waals surface area contributed by atoms with Crippen LogP contribution < -0.4 is 10.1 Å². The molecule has 2 aromatic carbocycles. The number of aromatic nitrogens is 3. The van der Waals surface area contributed by atoms with Crippen molar-refractivity contribution in [2.75, 3.05) is 12.4 Å². The smallest absolute Gasteiger partial charge is 0.271 e. The summed E-state index contributed by atoms with van der Waals surface area (Å²) in [7, 11) is 1.43. The Morgan fingerprint density at radius 1 is 1.31 bits per heavy atom. The largest absolute Gasteiger partial charge is 0.495 e. The van der Waals surface area contributed by atoms with Crippen LogP contribution in [0.5, 0.6) is 5.75 Å². The highest BCUT2D eigenvalue weighted by Crippen LogP contribution is 2.33. The number of nitrogens with zero attached hydrogens (tertiary/aromatic N) is 4. The van der Waals surface area contributed by atoms with Crippen LogP contribution in [-0.2, 0) is 4.79 Å². The van der Waals surface area contributed by atoms with E-state index in [0.717, 1.165) is 15.2 Å². The number of thiazole rings is 1. The number of nitrogens with one attached hydrogen (secondary N) is 1. The van der Waals surface area contributed by atoms with E-state index in [-0.39, 0.29) is 17.3 Å². The van der Waals surface area contributed by atoms with Gasteiger partial charge in [-0.25, -0.2) is 0 Å². The molecule has 29 heavy (non-hydrogen) atoms. The van der Waals surface area contributed by atoms with Crippen molar-refractivity contribution in [2.45, 2.75) is 17.3 Å². The highest BCUT2D eigenvalue weighted by Gasteiger charge is 2.22. The first-order chi connectivity index (χ1) is 14.0. The maximum Gasteiger partial charge on any atom is 0.271 e. The Morgan fingerprint density at radius 3 is 2.86 bits per heavy atom. The summed E-state index contributed by atoms with van der Waals surface area (Å²) in [6, 6.07) is 11.9. The molecule has 4 aromatic rings. The highest BCUT2D eigenvalue weighted by atomic mass is 32.2. The lowest BCUT2D eigenvalue weighted by atomic mass is 10.2. The van der Waals surface area contributed by atoms with Gasteiger partial charge in [0, 0.05) is 12.1 Å². The van der Waals surface area contributed by atoms with Crippen LogP contribution in [0.2, 0.25) is 0 Å². The maximum atomic E-state index is 12.7. The van der Waals surface area contributed by atoms with E-state index in [1.54, 1.807) is 6.92 Å². The zero-order valence-corrected chi connectivity index (χ0v) is 17.0. The Labute approximate surface area is 172 Å². The minimum Gasteiger partial charge on any atom is -0.495 e. The monoisotopic (exact) mass is 429 g/mol. The molecule has 9 nitrogen and oxygen atoms in total. The molecular weight excluding hydrogens is 414 g/mol. The molecule has 1 N–H and O–H groups in total. The predicted molar refractivity (Wildman–Crippen MR) is 112 cm³/mol. The number of methoxy groups -OCH3 is 1. The molecule has 0 aliphatic carbocycles. The van der Waals surface area contributed by atoms with Gasteiger partial charge in [-0.1, -0.05) is 35.2 Å². The standard InChI is InChI=1S/C18H15N5O4S2/c1-10(16(24)19-12-9-11(23(25)26)7-8-14(12)27-2)28-17-20-21-18-22(17)13-5-3-4-6-15(13)29-18/h3-10H,1-2H3,(H,19,24). The van der Waals surface area contributed by atoms with Crippen LogP contribution in [0.1, 0.15) is 6.92 Å². The lowest BCUT2D eigenvalue weighted by Crippen LogP contribution is -2.23. The number of ether oxygens (including phenoxy) is 1. The third-order valence-electron chi connectivity index (χ3n) is 4.21. The van der Waals surface area contributed by atoms with Crippen molar-refractivity contribution in [3.8, 4) is 5.75 Å². The first-order valence-electron chi connectivity index (χ1n) is 8.50. The maximum absolute atomic E-state index is 12.7. The van der Waals surface area contributed by atoms with Gasteiger partial charge in [-0.2, -0.15) is 0 Å². The number of amides is 1. The van der Waals surface area contributed by atoms with Gasteiger partial charge in [0.05, 0.1) is 33.2 Å². The van der Waals surface area contributed by atoms with Crippen molar-refractivity contribution in [2.24, 2.45) is 0 Å². The van der Waals surface area contributed by atoms with E-state index in [2.05, 4.69) is 15.5 Å². The lowest BCUT2D eigenvalue weighted by molar-refractivity contribution is -0.384. The summed E-state index contributed by atoms with van der Waals surface area (Å²) in [5.74, 6) is 0.0138. The van der Waals surface area contributed by atoms with Gasteiger partial charge in [0.2, 0.25) is 10.9 Å². The number of non-ortho nitro benzene ring substituents is 1. The van der Waals surface area contributed by atoms with Crippen LogP contribution in [0.3, 0.4) is 0 Å². The summed E-state index contributed by atoms with van der Waals surface area (Å²) in [6.07, 6.45) is 0. The van der Waals surface area contributed by atoms with E-state index in [1.807, 2.05) is 28.7 Å². The highest BCUT2D eigenvalue weighted by molar-refractivity contribution is 8.00. The second-order valence-corrected chi connectivity index (χ2v) is 8.38. The van der Waals surface area contributed by atoms with E-state index in [4.69, 9.17) is 4.74 Å². The van der Waals surface area contributed by atoms with Gasteiger partial charge < -0.3 is 10.1 Å². The van der Waals surface area contributed by atoms with Crippen LogP contribution in [0.4, 0.5) is 11.4 Å². The van der Waals surface area contributed by atoms with E-state index in [1.165, 1.54) is 48.4 Å². The number of rotatable bonds is 6. The summed E-state index contributed by atoms with van der Waals surface area (Å²) < 4.78 is 8.19. The number of nitro benzene ring substituents is 1. The van der Waals surface area contributed by atoms with E-state index >= 15 is 0 Å². The molecule has 148 valence electrons. The Kier molecular flexibility index (Phi) is 5.07. The lowest BCUT2D eigenvalue weighted by Gasteiger charge is -2.13. The van der Waals surface area contributed by atoms with Gasteiger partial charge in [0.25, 0.3) is 5.69 Å². The number of hydrogen-bond donors (Lipinski definition) is 1. The Bertz CT molecular complexity index is 1240. The molecule has 0 saturated heterocycles. The Hall–Kier alpha value is -3.18. The summed E-state index contributed by atoms with van der Waals surface area (Å²) in [6.45, 7) is 1.74. The number of carbonyl (C=O) groups excluding carboxylic acids is 1. The molecule has 11 heteroatoms.